The number of hydrogen-bond acceptors (Lipinski definition) is 4. The Balaban J connectivity index is 1.64. The van der Waals surface area contributed by atoms with Crippen LogP contribution in [0.3, 0.4) is 0 Å². The number of carbonyl (C=O) groups excluding carboxylic acids is 1. The summed E-state index contributed by atoms with van der Waals surface area (Å²) in [6.07, 6.45) is 3.78. The van der Waals surface area contributed by atoms with Gasteiger partial charge in [-0.2, -0.15) is 0 Å². The number of nitrogens with zero attached hydrogens (tertiary/aromatic N) is 2. The molecule has 2 aromatic rings. The van der Waals surface area contributed by atoms with Crippen molar-refractivity contribution in [3.63, 3.8) is 0 Å². The Hall–Kier alpha value is -2.24. The van der Waals surface area contributed by atoms with E-state index in [4.69, 9.17) is 0 Å². The molecular formula is C20H25N3O2. The fourth-order valence-corrected chi connectivity index (χ4v) is 3.29. The average Bonchev–Trinajstić information content (AvgIpc) is 3.08. The van der Waals surface area contributed by atoms with Crippen molar-refractivity contribution in [1.82, 2.24) is 15.2 Å². The Bertz CT molecular complexity index is 715. The molecular weight excluding hydrogens is 314 g/mol. The highest BCUT2D eigenvalue weighted by molar-refractivity contribution is 5.93. The largest absolute Gasteiger partial charge is 0.395 e. The van der Waals surface area contributed by atoms with Gasteiger partial charge in [-0.25, -0.2) is 0 Å². The number of aliphatic hydroxyl groups excluding tert-OH is 1. The molecule has 1 aliphatic heterocycles. The Morgan fingerprint density at radius 3 is 2.80 bits per heavy atom. The van der Waals surface area contributed by atoms with E-state index >= 15 is 0 Å². The van der Waals surface area contributed by atoms with Crippen LogP contribution in [-0.4, -0.2) is 40.1 Å². The minimum absolute atomic E-state index is 0.114. The minimum Gasteiger partial charge on any atom is -0.395 e. The van der Waals surface area contributed by atoms with Gasteiger partial charge >= 0.3 is 0 Å². The van der Waals surface area contributed by atoms with Crippen LogP contribution in [0.1, 0.15) is 40.0 Å². The molecule has 1 saturated heterocycles. The van der Waals surface area contributed by atoms with Crippen LogP contribution in [0.2, 0.25) is 0 Å². The van der Waals surface area contributed by atoms with Gasteiger partial charge in [0.25, 0.3) is 5.91 Å². The molecule has 25 heavy (non-hydrogen) atoms. The normalized spacial score (nSPS) is 17.6. The third-order valence-corrected chi connectivity index (χ3v) is 4.81. The van der Waals surface area contributed by atoms with Gasteiger partial charge in [0, 0.05) is 31.0 Å². The summed E-state index contributed by atoms with van der Waals surface area (Å²) in [5.74, 6) is -0.114. The van der Waals surface area contributed by atoms with Gasteiger partial charge in [0.2, 0.25) is 0 Å². The second kappa shape index (κ2) is 8.23. The van der Waals surface area contributed by atoms with E-state index < -0.39 is 0 Å². The van der Waals surface area contributed by atoms with E-state index in [2.05, 4.69) is 21.3 Å². The van der Waals surface area contributed by atoms with E-state index in [1.54, 1.807) is 12.3 Å². The highest BCUT2D eigenvalue weighted by atomic mass is 16.3. The molecule has 1 aliphatic rings. The van der Waals surface area contributed by atoms with Gasteiger partial charge in [0.15, 0.2) is 0 Å². The molecule has 0 radical (unpaired) electrons. The predicted molar refractivity (Wildman–Crippen MR) is 97.1 cm³/mol. The highest BCUT2D eigenvalue weighted by Crippen LogP contribution is 2.21. The molecule has 1 amide bonds. The van der Waals surface area contributed by atoms with Gasteiger partial charge in [-0.15, -0.1) is 0 Å². The van der Waals surface area contributed by atoms with Gasteiger partial charge in [-0.05, 0) is 49.6 Å². The van der Waals surface area contributed by atoms with E-state index in [1.807, 2.05) is 31.2 Å². The van der Waals surface area contributed by atoms with Gasteiger partial charge < -0.3 is 10.4 Å². The van der Waals surface area contributed by atoms with Crippen LogP contribution >= 0.6 is 0 Å². The number of benzene rings is 1. The summed E-state index contributed by atoms with van der Waals surface area (Å²) in [5.41, 5.74) is 3.78. The Morgan fingerprint density at radius 2 is 2.08 bits per heavy atom. The molecule has 2 heterocycles. The summed E-state index contributed by atoms with van der Waals surface area (Å²) in [7, 11) is 0. The Kier molecular flexibility index (Phi) is 5.79. The van der Waals surface area contributed by atoms with Crippen molar-refractivity contribution in [2.45, 2.75) is 38.9 Å². The lowest BCUT2D eigenvalue weighted by Gasteiger charge is -2.24. The maximum absolute atomic E-state index is 12.3. The molecule has 0 saturated carbocycles. The lowest BCUT2D eigenvalue weighted by molar-refractivity contribution is 0.0950. The number of likely N-dealkylation sites (tertiary alicyclic amines) is 1. The molecule has 1 fully saturated rings. The number of amides is 1. The molecule has 5 nitrogen and oxygen atoms in total. The smallest absolute Gasteiger partial charge is 0.253 e. The fraction of sp³-hybridized carbons (Fsp3) is 0.400. The van der Waals surface area contributed by atoms with Crippen molar-refractivity contribution in [2.75, 3.05) is 13.2 Å². The third-order valence-electron chi connectivity index (χ3n) is 4.81. The van der Waals surface area contributed by atoms with Crippen molar-refractivity contribution in [1.29, 1.82) is 0 Å². The summed E-state index contributed by atoms with van der Waals surface area (Å²) in [4.78, 5) is 18.8. The van der Waals surface area contributed by atoms with Crippen LogP contribution in [0.4, 0.5) is 0 Å². The summed E-state index contributed by atoms with van der Waals surface area (Å²) >= 11 is 0. The number of aliphatic hydroxyl groups is 1. The first kappa shape index (κ1) is 17.6. The molecule has 0 bridgehead atoms. The number of carbonyl (C=O) groups is 1. The van der Waals surface area contributed by atoms with Crippen LogP contribution in [0.5, 0.6) is 0 Å². The van der Waals surface area contributed by atoms with Crippen molar-refractivity contribution >= 4 is 5.91 Å². The van der Waals surface area contributed by atoms with Crippen molar-refractivity contribution < 1.29 is 9.90 Å². The van der Waals surface area contributed by atoms with E-state index in [-0.39, 0.29) is 18.6 Å². The lowest BCUT2D eigenvalue weighted by Crippen LogP contribution is -2.32. The van der Waals surface area contributed by atoms with Crippen LogP contribution in [0.25, 0.3) is 0 Å². The zero-order chi connectivity index (χ0) is 17.6. The maximum atomic E-state index is 12.3. The predicted octanol–water partition coefficient (Wildman–Crippen LogP) is 2.28. The number of aryl methyl sites for hydroxylation is 1. The Morgan fingerprint density at radius 1 is 1.28 bits per heavy atom. The van der Waals surface area contributed by atoms with E-state index in [1.165, 1.54) is 5.56 Å². The number of aromatic nitrogens is 1. The van der Waals surface area contributed by atoms with Crippen molar-refractivity contribution in [3.05, 3.63) is 65.0 Å². The summed E-state index contributed by atoms with van der Waals surface area (Å²) in [6, 6.07) is 12.0. The molecule has 0 unspecified atom stereocenters. The fourth-order valence-electron chi connectivity index (χ4n) is 3.29. The molecule has 3 rings (SSSR count). The number of rotatable bonds is 6. The van der Waals surface area contributed by atoms with Crippen LogP contribution < -0.4 is 5.32 Å². The van der Waals surface area contributed by atoms with Gasteiger partial charge in [-0.3, -0.25) is 14.7 Å². The molecule has 5 heteroatoms. The zero-order valence-corrected chi connectivity index (χ0v) is 14.6. The topological polar surface area (TPSA) is 65.5 Å². The standard InChI is InChI=1S/C20H25N3O2/c1-15-8-9-17(12-21-15)20(25)22-11-16-5-2-3-6-18(16)13-23-10-4-7-19(23)14-24/h2-3,5-6,8-9,12,19,24H,4,7,10-11,13-14H2,1H3,(H,22,25)/t19-/m0/s1. The summed E-state index contributed by atoms with van der Waals surface area (Å²) in [6.45, 7) is 4.42. The summed E-state index contributed by atoms with van der Waals surface area (Å²) in [5, 5.41) is 12.5. The Labute approximate surface area is 148 Å². The van der Waals surface area contributed by atoms with E-state index in [9.17, 15) is 9.90 Å². The van der Waals surface area contributed by atoms with Gasteiger partial charge in [-0.1, -0.05) is 24.3 Å². The van der Waals surface area contributed by atoms with Crippen molar-refractivity contribution in [3.8, 4) is 0 Å². The molecule has 1 aromatic carbocycles. The second-order valence-corrected chi connectivity index (χ2v) is 6.59. The number of nitrogens with one attached hydrogen (secondary N) is 1. The molecule has 1 atom stereocenters. The highest BCUT2D eigenvalue weighted by Gasteiger charge is 2.24. The monoisotopic (exact) mass is 339 g/mol. The first-order valence-electron chi connectivity index (χ1n) is 8.80. The van der Waals surface area contributed by atoms with Crippen LogP contribution in [0, 0.1) is 6.92 Å². The maximum Gasteiger partial charge on any atom is 0.253 e. The first-order valence-corrected chi connectivity index (χ1v) is 8.80. The minimum atomic E-state index is -0.114. The van der Waals surface area contributed by atoms with E-state index in [0.717, 1.165) is 37.2 Å². The first-order chi connectivity index (χ1) is 12.2. The van der Waals surface area contributed by atoms with E-state index in [0.29, 0.717) is 12.1 Å². The molecule has 1 aromatic heterocycles. The van der Waals surface area contributed by atoms with Crippen LogP contribution in [0.15, 0.2) is 42.6 Å². The van der Waals surface area contributed by atoms with Gasteiger partial charge in [0.05, 0.1) is 12.2 Å². The SMILES string of the molecule is Cc1ccc(C(=O)NCc2ccccc2CN2CCC[C@H]2CO)cn1. The quantitative estimate of drug-likeness (QED) is 0.847. The molecule has 2 N–H and O–H groups in total. The molecule has 132 valence electrons. The second-order valence-electron chi connectivity index (χ2n) is 6.59. The van der Waals surface area contributed by atoms with Crippen molar-refractivity contribution in [2.24, 2.45) is 0 Å². The summed E-state index contributed by atoms with van der Waals surface area (Å²) < 4.78 is 0. The number of pyridine rings is 1. The van der Waals surface area contributed by atoms with Crippen LogP contribution in [-0.2, 0) is 13.1 Å². The molecule has 0 spiro atoms. The number of hydrogen-bond donors (Lipinski definition) is 2. The third kappa shape index (κ3) is 4.44. The average molecular weight is 339 g/mol. The molecule has 0 aliphatic carbocycles. The zero-order valence-electron chi connectivity index (χ0n) is 14.6. The van der Waals surface area contributed by atoms with Gasteiger partial charge in [0.1, 0.15) is 0 Å². The lowest BCUT2D eigenvalue weighted by atomic mass is 10.1.